The highest BCUT2D eigenvalue weighted by atomic mass is 16.5. The minimum Gasteiger partial charge on any atom is -0.469 e. The Balaban J connectivity index is 1.66. The summed E-state index contributed by atoms with van der Waals surface area (Å²) < 4.78 is 5.43. The van der Waals surface area contributed by atoms with E-state index in [4.69, 9.17) is 4.74 Å². The van der Waals surface area contributed by atoms with E-state index in [1.807, 2.05) is 0 Å². The van der Waals surface area contributed by atoms with Crippen molar-refractivity contribution in [3.05, 3.63) is 11.6 Å². The molecule has 0 aromatic carbocycles. The van der Waals surface area contributed by atoms with E-state index < -0.39 is 34.9 Å². The van der Waals surface area contributed by atoms with Crippen LogP contribution in [0.15, 0.2) is 11.6 Å². The molecule has 0 radical (unpaired) electrons. The zero-order chi connectivity index (χ0) is 27.3. The van der Waals surface area contributed by atoms with Crippen LogP contribution < -0.4 is 0 Å². The summed E-state index contributed by atoms with van der Waals surface area (Å²) in [6.45, 7) is 12.5. The lowest BCUT2D eigenvalue weighted by Gasteiger charge is -2.70. The molecule has 2 N–H and O–H groups in total. The van der Waals surface area contributed by atoms with Gasteiger partial charge in [0.2, 0.25) is 0 Å². The van der Waals surface area contributed by atoms with Crippen molar-refractivity contribution in [1.29, 1.82) is 0 Å². The van der Waals surface area contributed by atoms with Crippen molar-refractivity contribution in [3.8, 4) is 0 Å². The lowest BCUT2D eigenvalue weighted by molar-refractivity contribution is -0.210. The minimum atomic E-state index is -1.32. The first-order valence-electron chi connectivity index (χ1n) is 14.3. The van der Waals surface area contributed by atoms with E-state index in [0.29, 0.717) is 18.3 Å². The topological polar surface area (TPSA) is 101 Å². The van der Waals surface area contributed by atoms with Gasteiger partial charge in [0.15, 0.2) is 5.78 Å². The number of hydrogen-bond acceptors (Lipinski definition) is 6. The molecule has 0 saturated heterocycles. The molecule has 0 bridgehead atoms. The second-order valence-electron chi connectivity index (χ2n) is 14.5. The van der Waals surface area contributed by atoms with Crippen LogP contribution >= 0.6 is 0 Å². The molecule has 0 spiro atoms. The average Bonchev–Trinajstić information content (AvgIpc) is 2.84. The molecule has 0 unspecified atom stereocenters. The summed E-state index contributed by atoms with van der Waals surface area (Å²) >= 11 is 0. The van der Waals surface area contributed by atoms with Crippen molar-refractivity contribution < 1.29 is 29.3 Å². The SMILES string of the molecule is COC(=O)[C@]12CC[C@@H](C)[C@H](C)[C@@H]1C1=CC[C@@H]3[C@@]4(C)CC(=O)[C@H](O)[C@@](C)(CO)[C@@H]4C(=O)C[C@@]3(C)[C@]1(C)CC2. The molecule has 5 rings (SSSR count). The third-order valence-corrected chi connectivity index (χ3v) is 13.1. The number of aliphatic hydroxyl groups is 2. The standard InChI is InChI=1S/C31H46O6/c1-17-10-11-31(26(36)37-7)13-12-29(5)19(23(31)18(17)2)8-9-22-27(3)14-21(34)25(35)28(4,16-32)24(27)20(33)15-30(22,29)6/h8,17-18,22-25,32,35H,9-16H2,1-7H3/t17-,18+,22-,23-,24-,25+,27-,28+,29-,30-,31+/m1/s1. The van der Waals surface area contributed by atoms with Crippen LogP contribution in [0.3, 0.4) is 0 Å². The highest BCUT2D eigenvalue weighted by Gasteiger charge is 2.73. The molecule has 6 nitrogen and oxygen atoms in total. The Bertz CT molecular complexity index is 1060. The van der Waals surface area contributed by atoms with Gasteiger partial charge in [-0.3, -0.25) is 14.4 Å². The van der Waals surface area contributed by atoms with Crippen molar-refractivity contribution >= 4 is 17.5 Å². The molecule has 6 heteroatoms. The number of allylic oxidation sites excluding steroid dienone is 2. The van der Waals surface area contributed by atoms with Gasteiger partial charge in [0.25, 0.3) is 0 Å². The molecule has 11 atom stereocenters. The quantitative estimate of drug-likeness (QED) is 0.415. The summed E-state index contributed by atoms with van der Waals surface area (Å²) in [7, 11) is 1.50. The lowest BCUT2D eigenvalue weighted by Crippen LogP contribution is -2.70. The first kappa shape index (κ1) is 27.1. The van der Waals surface area contributed by atoms with Gasteiger partial charge < -0.3 is 14.9 Å². The molecule has 4 fully saturated rings. The minimum absolute atomic E-state index is 0.0562. The van der Waals surface area contributed by atoms with Gasteiger partial charge in [0.1, 0.15) is 11.9 Å². The predicted octanol–water partition coefficient (Wildman–Crippen LogP) is 4.51. The van der Waals surface area contributed by atoms with Gasteiger partial charge in [-0.25, -0.2) is 0 Å². The van der Waals surface area contributed by atoms with Crippen molar-refractivity contribution in [3.63, 3.8) is 0 Å². The van der Waals surface area contributed by atoms with E-state index >= 15 is 0 Å². The van der Waals surface area contributed by atoms with Gasteiger partial charge in [-0.2, -0.15) is 0 Å². The van der Waals surface area contributed by atoms with Gasteiger partial charge in [0, 0.05) is 24.2 Å². The molecule has 0 amide bonds. The highest BCUT2D eigenvalue weighted by molar-refractivity contribution is 5.92. The van der Waals surface area contributed by atoms with E-state index in [0.717, 1.165) is 32.1 Å². The molecule has 0 aliphatic heterocycles. The summed E-state index contributed by atoms with van der Waals surface area (Å²) in [6, 6.07) is 0. The lowest BCUT2D eigenvalue weighted by atomic mass is 9.33. The number of ketones is 2. The highest BCUT2D eigenvalue weighted by Crippen LogP contribution is 2.75. The third-order valence-electron chi connectivity index (χ3n) is 13.1. The molecule has 0 aromatic rings. The van der Waals surface area contributed by atoms with Crippen LogP contribution in [0.4, 0.5) is 0 Å². The Morgan fingerprint density at radius 1 is 1.05 bits per heavy atom. The third kappa shape index (κ3) is 3.09. The number of aliphatic hydroxyl groups excluding tert-OH is 2. The first-order valence-corrected chi connectivity index (χ1v) is 14.3. The number of Topliss-reactive ketones (excluding diaryl/α,β-unsaturated/α-hetero) is 2. The van der Waals surface area contributed by atoms with Crippen LogP contribution in [0, 0.1) is 56.7 Å². The van der Waals surface area contributed by atoms with Crippen LogP contribution in [-0.2, 0) is 19.1 Å². The van der Waals surface area contributed by atoms with Crippen LogP contribution in [0.1, 0.15) is 86.5 Å². The van der Waals surface area contributed by atoms with Crippen molar-refractivity contribution in [1.82, 2.24) is 0 Å². The zero-order valence-corrected chi connectivity index (χ0v) is 23.7. The maximum absolute atomic E-state index is 14.1. The van der Waals surface area contributed by atoms with Crippen LogP contribution in [0.25, 0.3) is 0 Å². The van der Waals surface area contributed by atoms with E-state index in [1.54, 1.807) is 6.92 Å². The second-order valence-corrected chi connectivity index (χ2v) is 14.5. The molecule has 4 saturated carbocycles. The Hall–Kier alpha value is -1.53. The van der Waals surface area contributed by atoms with Gasteiger partial charge in [-0.1, -0.05) is 53.2 Å². The van der Waals surface area contributed by atoms with Crippen LogP contribution in [0.2, 0.25) is 0 Å². The number of fused-ring (bicyclic) bond motifs is 7. The fraction of sp³-hybridized carbons (Fsp3) is 0.839. The van der Waals surface area contributed by atoms with E-state index in [9.17, 15) is 24.6 Å². The molecule has 0 heterocycles. The summed E-state index contributed by atoms with van der Waals surface area (Å²) in [5.74, 6) is 0.0837. The maximum Gasteiger partial charge on any atom is 0.312 e. The zero-order valence-electron chi connectivity index (χ0n) is 23.7. The number of carbonyl (C=O) groups excluding carboxylic acids is 3. The summed E-state index contributed by atoms with van der Waals surface area (Å²) in [5.41, 5.74) is -1.69. The van der Waals surface area contributed by atoms with Gasteiger partial charge in [-0.05, 0) is 72.0 Å². The maximum atomic E-state index is 14.1. The number of ether oxygens (including phenoxy) is 1. The van der Waals surface area contributed by atoms with Crippen molar-refractivity contribution in [2.45, 2.75) is 92.6 Å². The molecule has 206 valence electrons. The molecule has 37 heavy (non-hydrogen) atoms. The molecular formula is C31H46O6. The monoisotopic (exact) mass is 514 g/mol. The number of carbonyl (C=O) groups is 3. The fourth-order valence-corrected chi connectivity index (χ4v) is 10.8. The summed E-state index contributed by atoms with van der Waals surface area (Å²) in [5, 5.41) is 21.2. The van der Waals surface area contributed by atoms with Crippen LogP contribution in [0.5, 0.6) is 0 Å². The Morgan fingerprint density at radius 2 is 1.73 bits per heavy atom. The molecule has 5 aliphatic rings. The normalized spacial score (nSPS) is 53.3. The Morgan fingerprint density at radius 3 is 2.35 bits per heavy atom. The second kappa shape index (κ2) is 8.24. The summed E-state index contributed by atoms with van der Waals surface area (Å²) in [6.07, 6.45) is 5.70. The van der Waals surface area contributed by atoms with E-state index in [-0.39, 0.29) is 46.6 Å². The van der Waals surface area contributed by atoms with Crippen LogP contribution in [-0.4, -0.2) is 47.6 Å². The smallest absolute Gasteiger partial charge is 0.312 e. The number of hydrogen-bond donors (Lipinski definition) is 2. The molecule has 0 aromatic heterocycles. The number of esters is 1. The van der Waals surface area contributed by atoms with Gasteiger partial charge in [0.05, 0.1) is 19.1 Å². The average molecular weight is 515 g/mol. The van der Waals surface area contributed by atoms with Gasteiger partial charge in [-0.15, -0.1) is 0 Å². The molecule has 5 aliphatic carbocycles. The number of rotatable bonds is 2. The summed E-state index contributed by atoms with van der Waals surface area (Å²) in [4.78, 5) is 40.7. The van der Waals surface area contributed by atoms with E-state index in [2.05, 4.69) is 40.7 Å². The van der Waals surface area contributed by atoms with Gasteiger partial charge >= 0.3 is 5.97 Å². The largest absolute Gasteiger partial charge is 0.469 e. The fourth-order valence-electron chi connectivity index (χ4n) is 10.8. The Labute approximate surface area is 221 Å². The Kier molecular flexibility index (Phi) is 6.02. The van der Waals surface area contributed by atoms with E-state index in [1.165, 1.54) is 12.7 Å². The van der Waals surface area contributed by atoms with Crippen molar-refractivity contribution in [2.75, 3.05) is 13.7 Å². The molecular weight excluding hydrogens is 468 g/mol. The van der Waals surface area contributed by atoms with Crippen molar-refractivity contribution in [2.24, 2.45) is 56.7 Å². The first-order chi connectivity index (χ1) is 17.2. The number of methoxy groups -OCH3 is 1. The predicted molar refractivity (Wildman–Crippen MR) is 139 cm³/mol.